The summed E-state index contributed by atoms with van der Waals surface area (Å²) >= 11 is 0. The summed E-state index contributed by atoms with van der Waals surface area (Å²) in [5.74, 6) is 0.516. The van der Waals surface area contributed by atoms with Crippen molar-refractivity contribution in [3.8, 4) is 0 Å². The fraction of sp³-hybridized carbons (Fsp3) is 0.462. The number of fused-ring (bicyclic) bond motifs is 8. The number of aromatic amines is 2. The minimum absolute atomic E-state index is 0.146. The number of aromatic nitrogens is 4. The van der Waals surface area contributed by atoms with Crippen LogP contribution in [0.2, 0.25) is 0 Å². The highest BCUT2D eigenvalue weighted by Crippen LogP contribution is 2.32. The van der Waals surface area contributed by atoms with Gasteiger partial charge >= 0.3 is 0 Å². The highest BCUT2D eigenvalue weighted by molar-refractivity contribution is 5.86. The standard InChI is InChI=1S/C29H32N4.C10H21NO3/c1-8-20-18(6)27-14-29-21(9-2)17(5)26(32-29)12-22-15(3)10-24(30-22)19(7)25-11-16(4)23(31-25)13-28(20)33-27;1-3-10(14)11(2)7-5-4-6-9(13)8-12/h9,11-15,32-33H,2,8,10H2,1,3-7H3;9,12-13H,3-8H2,1-2H3. The molecule has 2 aliphatic heterocycles. The van der Waals surface area contributed by atoms with E-state index in [4.69, 9.17) is 20.2 Å². The van der Waals surface area contributed by atoms with E-state index in [1.165, 1.54) is 27.8 Å². The van der Waals surface area contributed by atoms with Gasteiger partial charge in [0.2, 0.25) is 5.91 Å². The molecule has 0 saturated carbocycles. The van der Waals surface area contributed by atoms with Crippen molar-refractivity contribution in [2.45, 2.75) is 99.0 Å². The Balaban J connectivity index is 0.000000304. The number of aliphatic hydroxyl groups is 2. The van der Waals surface area contributed by atoms with Crippen molar-refractivity contribution < 1.29 is 15.0 Å². The van der Waals surface area contributed by atoms with Crippen LogP contribution in [0.15, 0.2) is 24.8 Å². The average molecular weight is 640 g/mol. The first-order valence-corrected chi connectivity index (χ1v) is 17.0. The minimum atomic E-state index is -0.609. The molecule has 5 rings (SSSR count). The highest BCUT2D eigenvalue weighted by Gasteiger charge is 2.20. The van der Waals surface area contributed by atoms with Crippen LogP contribution >= 0.6 is 0 Å². The molecule has 4 N–H and O–H groups in total. The lowest BCUT2D eigenvalue weighted by Crippen LogP contribution is -2.27. The van der Waals surface area contributed by atoms with Gasteiger partial charge in [-0.3, -0.25) is 9.78 Å². The van der Waals surface area contributed by atoms with Crippen molar-refractivity contribution in [3.63, 3.8) is 0 Å². The summed E-state index contributed by atoms with van der Waals surface area (Å²) in [5, 5.41) is 17.6. The number of H-pyrrole nitrogens is 2. The molecular weight excluding hydrogens is 586 g/mol. The lowest BCUT2D eigenvalue weighted by Gasteiger charge is -2.16. The van der Waals surface area contributed by atoms with Crippen LogP contribution in [0.4, 0.5) is 0 Å². The van der Waals surface area contributed by atoms with Gasteiger partial charge in [0.05, 0.1) is 24.1 Å². The molecule has 2 unspecified atom stereocenters. The Hall–Kier alpha value is -4.01. The molecule has 0 radical (unpaired) electrons. The number of nitrogens with one attached hydrogen (secondary N) is 2. The molecule has 8 nitrogen and oxygen atoms in total. The largest absolute Gasteiger partial charge is 0.394 e. The van der Waals surface area contributed by atoms with E-state index in [1.54, 1.807) is 11.9 Å². The first kappa shape index (κ1) is 35.8. The summed E-state index contributed by atoms with van der Waals surface area (Å²) in [7, 11) is 1.79. The fourth-order valence-electron chi connectivity index (χ4n) is 6.35. The third kappa shape index (κ3) is 8.11. The number of allylic oxidation sites excluding steroid dienone is 1. The number of amides is 1. The molecule has 2 aliphatic rings. The molecule has 2 atom stereocenters. The number of rotatable bonds is 9. The molecule has 0 aliphatic carbocycles. The van der Waals surface area contributed by atoms with Gasteiger partial charge in [-0.25, -0.2) is 4.98 Å². The molecular formula is C39H53N5O3. The van der Waals surface area contributed by atoms with Crippen LogP contribution in [0, 0.1) is 20.8 Å². The van der Waals surface area contributed by atoms with Crippen LogP contribution in [0.25, 0.3) is 39.8 Å². The zero-order valence-electron chi connectivity index (χ0n) is 29.5. The normalized spacial score (nSPS) is 14.7. The molecule has 0 spiro atoms. The number of hydrogen-bond acceptors (Lipinski definition) is 5. The molecule has 1 amide bonds. The Morgan fingerprint density at radius 1 is 1.02 bits per heavy atom. The summed E-state index contributed by atoms with van der Waals surface area (Å²) in [6, 6.07) is 6.63. The first-order chi connectivity index (χ1) is 22.4. The van der Waals surface area contributed by atoms with Gasteiger partial charge in [0.25, 0.3) is 0 Å². The van der Waals surface area contributed by atoms with Gasteiger partial charge in [-0.1, -0.05) is 33.4 Å². The van der Waals surface area contributed by atoms with Crippen LogP contribution in [0.5, 0.6) is 0 Å². The fourth-order valence-corrected chi connectivity index (χ4v) is 6.35. The Labute approximate surface area is 279 Å². The third-order valence-electron chi connectivity index (χ3n) is 9.54. The van der Waals surface area contributed by atoms with Crippen LogP contribution in [-0.4, -0.2) is 67.3 Å². The molecule has 3 aromatic heterocycles. The smallest absolute Gasteiger partial charge is 0.222 e. The van der Waals surface area contributed by atoms with E-state index in [1.807, 2.05) is 13.0 Å². The van der Waals surface area contributed by atoms with Crippen LogP contribution in [-0.2, 0) is 17.6 Å². The Kier molecular flexibility index (Phi) is 12.0. The molecule has 0 fully saturated rings. The van der Waals surface area contributed by atoms with Crippen LogP contribution in [0.1, 0.15) is 110 Å². The zero-order valence-corrected chi connectivity index (χ0v) is 29.5. The van der Waals surface area contributed by atoms with Crippen molar-refractivity contribution >= 4 is 45.7 Å². The van der Waals surface area contributed by atoms with Gasteiger partial charge < -0.3 is 25.1 Å². The van der Waals surface area contributed by atoms with Crippen molar-refractivity contribution in [2.75, 3.05) is 20.2 Å². The number of aliphatic hydroxyl groups excluding tert-OH is 2. The van der Waals surface area contributed by atoms with E-state index >= 15 is 0 Å². The van der Waals surface area contributed by atoms with E-state index in [2.05, 4.69) is 82.4 Å². The van der Waals surface area contributed by atoms with E-state index in [-0.39, 0.29) is 12.5 Å². The van der Waals surface area contributed by atoms with Gasteiger partial charge in [0, 0.05) is 64.9 Å². The predicted octanol–water partition coefficient (Wildman–Crippen LogP) is 7.73. The van der Waals surface area contributed by atoms with Gasteiger partial charge in [-0.15, -0.1) is 0 Å². The van der Waals surface area contributed by atoms with Gasteiger partial charge in [-0.05, 0) is 112 Å². The van der Waals surface area contributed by atoms with E-state index in [9.17, 15) is 4.79 Å². The molecule has 3 aromatic rings. The second-order valence-electron chi connectivity index (χ2n) is 13.0. The van der Waals surface area contributed by atoms with E-state index in [0.717, 1.165) is 82.6 Å². The Bertz CT molecular complexity index is 1810. The second kappa shape index (κ2) is 15.7. The number of unbranched alkanes of at least 4 members (excludes halogenated alkanes) is 1. The lowest BCUT2D eigenvalue weighted by molar-refractivity contribution is -0.129. The maximum Gasteiger partial charge on any atom is 0.222 e. The van der Waals surface area contributed by atoms with Crippen LogP contribution in [0.3, 0.4) is 0 Å². The lowest BCUT2D eigenvalue weighted by atomic mass is 10.0. The second-order valence-corrected chi connectivity index (χ2v) is 13.0. The maximum atomic E-state index is 11.1. The molecule has 0 saturated heterocycles. The highest BCUT2D eigenvalue weighted by atomic mass is 16.3. The predicted molar refractivity (Wildman–Crippen MR) is 195 cm³/mol. The van der Waals surface area contributed by atoms with Crippen molar-refractivity contribution in [2.24, 2.45) is 0 Å². The van der Waals surface area contributed by atoms with E-state index in [0.29, 0.717) is 18.8 Å². The molecule has 0 aromatic carbocycles. The molecule has 47 heavy (non-hydrogen) atoms. The molecule has 252 valence electrons. The van der Waals surface area contributed by atoms with Crippen molar-refractivity contribution in [1.82, 2.24) is 24.8 Å². The van der Waals surface area contributed by atoms with Crippen LogP contribution < -0.4 is 0 Å². The Morgan fingerprint density at radius 2 is 1.72 bits per heavy atom. The molecule has 8 heteroatoms. The molecule has 5 heterocycles. The topological polar surface area (TPSA) is 118 Å². The summed E-state index contributed by atoms with van der Waals surface area (Å²) in [4.78, 5) is 30.2. The van der Waals surface area contributed by atoms with Crippen molar-refractivity contribution in [1.29, 1.82) is 0 Å². The van der Waals surface area contributed by atoms with Gasteiger partial charge in [0.15, 0.2) is 0 Å². The number of carbonyl (C=O) groups is 1. The monoisotopic (exact) mass is 639 g/mol. The van der Waals surface area contributed by atoms with Gasteiger partial charge in [-0.2, -0.15) is 0 Å². The zero-order chi connectivity index (χ0) is 34.4. The quantitative estimate of drug-likeness (QED) is 0.179. The first-order valence-electron chi connectivity index (χ1n) is 17.0. The van der Waals surface area contributed by atoms with E-state index < -0.39 is 6.10 Å². The average Bonchev–Trinajstić information content (AvgIpc) is 3.78. The summed E-state index contributed by atoms with van der Waals surface area (Å²) in [6.07, 6.45) is 8.28. The number of hydrogen-bond donors (Lipinski definition) is 4. The maximum absolute atomic E-state index is 11.1. The van der Waals surface area contributed by atoms with Gasteiger partial charge in [0.1, 0.15) is 0 Å². The summed E-state index contributed by atoms with van der Waals surface area (Å²) in [6.45, 7) is 19.6. The third-order valence-corrected chi connectivity index (χ3v) is 9.54. The number of aryl methyl sites for hydroxylation is 3. The minimum Gasteiger partial charge on any atom is -0.394 e. The summed E-state index contributed by atoms with van der Waals surface area (Å²) in [5.41, 5.74) is 16.0. The summed E-state index contributed by atoms with van der Waals surface area (Å²) < 4.78 is 0. The number of nitrogens with zero attached hydrogens (tertiary/aromatic N) is 3. The molecule has 8 bridgehead atoms. The SMILES string of the molecule is C=Cc1c(C)c2cc3nc(c(C)c4nc(cc5[nH]c(cc1[nH]2)c(C)c5CC)C(C)=C4)CC3C.CCC(=O)N(C)CCCCC(O)CO. The number of carbonyl (C=O) groups excluding carboxylic acids is 1. The van der Waals surface area contributed by atoms with Crippen molar-refractivity contribution in [3.05, 3.63) is 75.4 Å². The Morgan fingerprint density at radius 3 is 2.38 bits per heavy atom.